The zero-order chi connectivity index (χ0) is 50.0. The molecule has 0 saturated heterocycles. The van der Waals surface area contributed by atoms with Gasteiger partial charge in [0.15, 0.2) is 6.10 Å². The van der Waals surface area contributed by atoms with Gasteiger partial charge in [-0.2, -0.15) is 0 Å². The van der Waals surface area contributed by atoms with Crippen LogP contribution in [-0.4, -0.2) is 37.2 Å². The van der Waals surface area contributed by atoms with Gasteiger partial charge < -0.3 is 14.2 Å². The molecule has 1 atom stereocenters. The lowest BCUT2D eigenvalue weighted by atomic mass is 10.1. The van der Waals surface area contributed by atoms with Crippen molar-refractivity contribution >= 4 is 17.9 Å². The molecule has 0 aromatic carbocycles. The Hall–Kier alpha value is -3.41. The fourth-order valence-electron chi connectivity index (χ4n) is 8.03. The largest absolute Gasteiger partial charge is 0.462 e. The second-order valence-electron chi connectivity index (χ2n) is 19.2. The van der Waals surface area contributed by atoms with E-state index in [2.05, 4.69) is 106 Å². The number of allylic oxidation sites excluding steroid dienone is 14. The molecule has 0 amide bonds. The zero-order valence-corrected chi connectivity index (χ0v) is 45.3. The molecular weight excluding hydrogens is 853 g/mol. The van der Waals surface area contributed by atoms with Crippen molar-refractivity contribution in [3.63, 3.8) is 0 Å². The Morgan fingerprint density at radius 3 is 0.899 bits per heavy atom. The van der Waals surface area contributed by atoms with Gasteiger partial charge in [-0.15, -0.1) is 0 Å². The maximum Gasteiger partial charge on any atom is 0.306 e. The number of esters is 3. The number of unbranched alkanes of at least 4 members (excludes halogenated alkanes) is 27. The van der Waals surface area contributed by atoms with E-state index >= 15 is 0 Å². The first kappa shape index (κ1) is 65.6. The summed E-state index contributed by atoms with van der Waals surface area (Å²) in [7, 11) is 0. The fourth-order valence-corrected chi connectivity index (χ4v) is 8.03. The number of ether oxygens (including phenoxy) is 3. The van der Waals surface area contributed by atoms with Crippen LogP contribution in [0.3, 0.4) is 0 Å². The number of rotatable bonds is 52. The van der Waals surface area contributed by atoms with Crippen molar-refractivity contribution in [2.75, 3.05) is 13.2 Å². The molecule has 69 heavy (non-hydrogen) atoms. The Morgan fingerprint density at radius 1 is 0.304 bits per heavy atom. The molecular formula is C63H108O6. The normalized spacial score (nSPS) is 12.7. The molecule has 0 aliphatic carbocycles. The Morgan fingerprint density at radius 2 is 0.565 bits per heavy atom. The molecule has 0 aromatic rings. The van der Waals surface area contributed by atoms with E-state index in [1.165, 1.54) is 128 Å². The first-order valence-electron chi connectivity index (χ1n) is 29.1. The van der Waals surface area contributed by atoms with E-state index in [9.17, 15) is 14.4 Å². The van der Waals surface area contributed by atoms with Gasteiger partial charge >= 0.3 is 17.9 Å². The zero-order valence-electron chi connectivity index (χ0n) is 45.3. The average Bonchev–Trinajstić information content (AvgIpc) is 3.35. The summed E-state index contributed by atoms with van der Waals surface area (Å²) in [4.78, 5) is 38.0. The molecule has 6 heteroatoms. The molecule has 0 N–H and O–H groups in total. The first-order valence-corrected chi connectivity index (χ1v) is 29.1. The third-order valence-electron chi connectivity index (χ3n) is 12.4. The monoisotopic (exact) mass is 961 g/mol. The first-order chi connectivity index (χ1) is 34.0. The summed E-state index contributed by atoms with van der Waals surface area (Å²) in [5, 5.41) is 0. The van der Waals surface area contributed by atoms with Crippen molar-refractivity contribution in [2.45, 2.75) is 284 Å². The van der Waals surface area contributed by atoms with Crippen LogP contribution in [0.4, 0.5) is 0 Å². The molecule has 0 saturated carbocycles. The van der Waals surface area contributed by atoms with Crippen molar-refractivity contribution in [3.05, 3.63) is 85.1 Å². The van der Waals surface area contributed by atoms with Gasteiger partial charge in [0.1, 0.15) is 13.2 Å². The topological polar surface area (TPSA) is 78.9 Å². The second-order valence-corrected chi connectivity index (χ2v) is 19.2. The smallest absolute Gasteiger partial charge is 0.306 e. The molecule has 0 aliphatic rings. The number of hydrogen-bond donors (Lipinski definition) is 0. The highest BCUT2D eigenvalue weighted by molar-refractivity contribution is 5.71. The minimum atomic E-state index is -0.779. The maximum atomic E-state index is 12.8. The highest BCUT2D eigenvalue weighted by Crippen LogP contribution is 2.15. The van der Waals surface area contributed by atoms with Gasteiger partial charge in [-0.1, -0.05) is 247 Å². The summed E-state index contributed by atoms with van der Waals surface area (Å²) >= 11 is 0. The summed E-state index contributed by atoms with van der Waals surface area (Å²) < 4.78 is 16.8. The third kappa shape index (κ3) is 55.4. The molecule has 6 nitrogen and oxygen atoms in total. The quantitative estimate of drug-likeness (QED) is 0.0262. The molecule has 0 rings (SSSR count). The molecule has 0 aliphatic heterocycles. The van der Waals surface area contributed by atoms with Crippen LogP contribution in [0.5, 0.6) is 0 Å². The van der Waals surface area contributed by atoms with Gasteiger partial charge in [-0.05, 0) is 96.3 Å². The molecule has 0 heterocycles. The van der Waals surface area contributed by atoms with Gasteiger partial charge in [0.25, 0.3) is 0 Å². The molecule has 0 fully saturated rings. The molecule has 0 spiro atoms. The summed E-state index contributed by atoms with van der Waals surface area (Å²) in [6.45, 7) is 6.48. The summed E-state index contributed by atoms with van der Waals surface area (Å²) in [5.74, 6) is -0.892. The lowest BCUT2D eigenvalue weighted by molar-refractivity contribution is -0.167. The van der Waals surface area contributed by atoms with Crippen molar-refractivity contribution < 1.29 is 28.6 Å². The van der Waals surface area contributed by atoms with Gasteiger partial charge in [0.05, 0.1) is 0 Å². The highest BCUT2D eigenvalue weighted by Gasteiger charge is 2.19. The van der Waals surface area contributed by atoms with Crippen molar-refractivity contribution in [1.29, 1.82) is 0 Å². The van der Waals surface area contributed by atoms with Crippen LogP contribution < -0.4 is 0 Å². The highest BCUT2D eigenvalue weighted by atomic mass is 16.6. The third-order valence-corrected chi connectivity index (χ3v) is 12.4. The Kier molecular flexibility index (Phi) is 54.3. The van der Waals surface area contributed by atoms with Gasteiger partial charge in [-0.25, -0.2) is 0 Å². The van der Waals surface area contributed by atoms with E-state index in [1.807, 2.05) is 0 Å². The Balaban J connectivity index is 4.16. The standard InChI is InChI=1S/C63H108O6/c1-4-7-10-13-16-19-21-23-25-26-27-28-29-30-31-32-33-34-35-36-37-38-39-41-42-44-47-50-53-56-62(65)68-59-60(58-67-61(64)55-52-49-46-18-15-12-9-6-3)69-63(66)57-54-51-48-45-43-40-24-22-20-17-14-11-8-5-2/h7,10,16,19,22-25,27-28,30-31,33-34,60H,4-6,8-9,11-15,17-18,20-21,26,29,32,35-59H2,1-3H3/b10-7-,19-16-,24-22-,25-23-,28-27-,31-30-,34-33-. The lowest BCUT2D eigenvalue weighted by Crippen LogP contribution is -2.30. The number of carbonyl (C=O) groups is 3. The van der Waals surface area contributed by atoms with Gasteiger partial charge in [0, 0.05) is 19.3 Å². The van der Waals surface area contributed by atoms with E-state index in [1.54, 1.807) is 0 Å². The van der Waals surface area contributed by atoms with Crippen molar-refractivity contribution in [1.82, 2.24) is 0 Å². The molecule has 0 radical (unpaired) electrons. The van der Waals surface area contributed by atoms with Crippen LogP contribution in [0.2, 0.25) is 0 Å². The van der Waals surface area contributed by atoms with Crippen LogP contribution in [0.15, 0.2) is 85.1 Å². The Bertz CT molecular complexity index is 1330. The van der Waals surface area contributed by atoms with Crippen molar-refractivity contribution in [3.8, 4) is 0 Å². The van der Waals surface area contributed by atoms with Crippen LogP contribution in [-0.2, 0) is 28.6 Å². The number of carbonyl (C=O) groups excluding carboxylic acids is 3. The van der Waals surface area contributed by atoms with E-state index in [0.717, 1.165) is 109 Å². The SMILES string of the molecule is CC/C=C\C/C=C\C/C=C\C/C=C\C/C=C\C/C=C\CCCCCCCCCCCCC(=O)OCC(COC(=O)CCCCCCCCCC)OC(=O)CCCCCCC/C=C\CCCCCCC. The van der Waals surface area contributed by atoms with Crippen LogP contribution >= 0.6 is 0 Å². The molecule has 0 bridgehead atoms. The summed E-state index contributed by atoms with van der Waals surface area (Å²) in [6, 6.07) is 0. The maximum absolute atomic E-state index is 12.8. The van der Waals surface area contributed by atoms with Crippen molar-refractivity contribution in [2.24, 2.45) is 0 Å². The summed E-state index contributed by atoms with van der Waals surface area (Å²) in [5.41, 5.74) is 0. The fraction of sp³-hybridized carbons (Fsp3) is 0.730. The predicted octanol–water partition coefficient (Wildman–Crippen LogP) is 19.5. The van der Waals surface area contributed by atoms with Gasteiger partial charge in [-0.3, -0.25) is 14.4 Å². The minimum Gasteiger partial charge on any atom is -0.462 e. The molecule has 1 unspecified atom stereocenters. The van der Waals surface area contributed by atoms with E-state index < -0.39 is 6.10 Å². The van der Waals surface area contributed by atoms with E-state index in [0.29, 0.717) is 19.3 Å². The lowest BCUT2D eigenvalue weighted by Gasteiger charge is -2.18. The number of hydrogen-bond acceptors (Lipinski definition) is 6. The van der Waals surface area contributed by atoms with Crippen LogP contribution in [0.1, 0.15) is 278 Å². The Labute approximate surface area is 426 Å². The average molecular weight is 962 g/mol. The van der Waals surface area contributed by atoms with E-state index in [-0.39, 0.29) is 31.1 Å². The van der Waals surface area contributed by atoms with Crippen LogP contribution in [0, 0.1) is 0 Å². The predicted molar refractivity (Wildman–Crippen MR) is 297 cm³/mol. The minimum absolute atomic E-state index is 0.0788. The van der Waals surface area contributed by atoms with Gasteiger partial charge in [0.2, 0.25) is 0 Å². The summed E-state index contributed by atoms with van der Waals surface area (Å²) in [6.07, 6.45) is 74.5. The van der Waals surface area contributed by atoms with Crippen LogP contribution in [0.25, 0.3) is 0 Å². The van der Waals surface area contributed by atoms with E-state index in [4.69, 9.17) is 14.2 Å². The molecule has 396 valence electrons. The second kappa shape index (κ2) is 57.2. The molecule has 0 aromatic heterocycles.